The molecule has 0 bridgehead atoms. The summed E-state index contributed by atoms with van der Waals surface area (Å²) in [7, 11) is 0. The minimum atomic E-state index is -0.192. The average molecular weight is 295 g/mol. The van der Waals surface area contributed by atoms with Crippen LogP contribution in [-0.2, 0) is 0 Å². The molecule has 0 aromatic heterocycles. The van der Waals surface area contributed by atoms with E-state index in [0.717, 1.165) is 50.4 Å². The van der Waals surface area contributed by atoms with E-state index >= 15 is 0 Å². The van der Waals surface area contributed by atoms with Crippen LogP contribution in [0.2, 0.25) is 0 Å². The van der Waals surface area contributed by atoms with E-state index in [9.17, 15) is 4.39 Å². The molecule has 1 fully saturated rings. The molecule has 1 saturated heterocycles. The normalized spacial score (nSPS) is 18.6. The number of aryl methyl sites for hydroxylation is 1. The van der Waals surface area contributed by atoms with Gasteiger partial charge in [0.2, 0.25) is 0 Å². The molecule has 1 aromatic rings. The Hall–Kier alpha value is -1.17. The van der Waals surface area contributed by atoms with Gasteiger partial charge in [0.25, 0.3) is 0 Å². The molecule has 1 aliphatic rings. The fourth-order valence-electron chi connectivity index (χ4n) is 2.90. The molecular weight excluding hydrogens is 269 g/mol. The third-order valence-electron chi connectivity index (χ3n) is 4.14. The highest BCUT2D eigenvalue weighted by atomic mass is 19.1. The first-order chi connectivity index (χ1) is 10.0. The van der Waals surface area contributed by atoms with Crippen molar-refractivity contribution in [2.45, 2.75) is 26.3 Å². The molecular formula is C16H26FN3O. The minimum absolute atomic E-state index is 0.188. The summed E-state index contributed by atoms with van der Waals surface area (Å²) in [5, 5.41) is 9.06. The number of aliphatic hydroxyl groups is 1. The predicted octanol–water partition coefficient (Wildman–Crippen LogP) is 1.66. The minimum Gasteiger partial charge on any atom is -0.395 e. The van der Waals surface area contributed by atoms with Crippen LogP contribution in [0.5, 0.6) is 0 Å². The fraction of sp³-hybridized carbons (Fsp3) is 0.625. The van der Waals surface area contributed by atoms with Gasteiger partial charge < -0.3 is 15.7 Å². The first-order valence-corrected chi connectivity index (χ1v) is 7.66. The lowest BCUT2D eigenvalue weighted by Crippen LogP contribution is -2.33. The predicted molar refractivity (Wildman–Crippen MR) is 84.1 cm³/mol. The van der Waals surface area contributed by atoms with Crippen molar-refractivity contribution >= 4 is 5.69 Å². The largest absolute Gasteiger partial charge is 0.395 e. The lowest BCUT2D eigenvalue weighted by molar-refractivity contribution is 0.204. The van der Waals surface area contributed by atoms with Crippen molar-refractivity contribution in [2.75, 3.05) is 44.2 Å². The van der Waals surface area contributed by atoms with Crippen molar-refractivity contribution in [2.24, 2.45) is 5.73 Å². The molecule has 0 amide bonds. The lowest BCUT2D eigenvalue weighted by Gasteiger charge is -2.27. The van der Waals surface area contributed by atoms with E-state index in [-0.39, 0.29) is 18.5 Å². The van der Waals surface area contributed by atoms with Crippen LogP contribution in [0.3, 0.4) is 0 Å². The quantitative estimate of drug-likeness (QED) is 0.887. The topological polar surface area (TPSA) is 52.7 Å². The summed E-state index contributed by atoms with van der Waals surface area (Å²) in [4.78, 5) is 4.56. The van der Waals surface area contributed by atoms with Crippen LogP contribution >= 0.6 is 0 Å². The van der Waals surface area contributed by atoms with Gasteiger partial charge in [-0.2, -0.15) is 0 Å². The maximum atomic E-state index is 13.8. The van der Waals surface area contributed by atoms with Gasteiger partial charge in [0.1, 0.15) is 5.82 Å². The summed E-state index contributed by atoms with van der Waals surface area (Å²) in [5.74, 6) is -0.192. The van der Waals surface area contributed by atoms with E-state index in [1.807, 2.05) is 13.0 Å². The zero-order chi connectivity index (χ0) is 15.4. The Morgan fingerprint density at radius 1 is 1.29 bits per heavy atom. The second kappa shape index (κ2) is 7.20. The molecule has 1 heterocycles. The van der Waals surface area contributed by atoms with E-state index in [1.165, 1.54) is 0 Å². The molecule has 4 nitrogen and oxygen atoms in total. The first-order valence-electron chi connectivity index (χ1n) is 7.66. The van der Waals surface area contributed by atoms with E-state index in [4.69, 9.17) is 10.8 Å². The third-order valence-corrected chi connectivity index (χ3v) is 4.14. The number of hydrogen-bond acceptors (Lipinski definition) is 4. The van der Waals surface area contributed by atoms with E-state index in [1.54, 1.807) is 13.0 Å². The molecule has 0 unspecified atom stereocenters. The first kappa shape index (κ1) is 16.2. The van der Waals surface area contributed by atoms with Gasteiger partial charge in [0.05, 0.1) is 6.61 Å². The van der Waals surface area contributed by atoms with Gasteiger partial charge in [0.15, 0.2) is 0 Å². The van der Waals surface area contributed by atoms with Gasteiger partial charge in [-0.25, -0.2) is 4.39 Å². The van der Waals surface area contributed by atoms with Gasteiger partial charge in [-0.3, -0.25) is 4.90 Å². The summed E-state index contributed by atoms with van der Waals surface area (Å²) < 4.78 is 13.8. The number of aliphatic hydroxyl groups excluding tert-OH is 1. The highest BCUT2D eigenvalue weighted by molar-refractivity contribution is 5.57. The van der Waals surface area contributed by atoms with Crippen LogP contribution in [0, 0.1) is 12.7 Å². The maximum absolute atomic E-state index is 13.8. The maximum Gasteiger partial charge on any atom is 0.126 e. The highest BCUT2D eigenvalue weighted by Crippen LogP contribution is 2.29. The SMILES string of the molecule is Cc1cc(N2CCCN(CCO)CC2)c([C@H](C)N)cc1F. The van der Waals surface area contributed by atoms with Gasteiger partial charge >= 0.3 is 0 Å². The molecule has 0 spiro atoms. The van der Waals surface area contributed by atoms with Gasteiger partial charge in [-0.15, -0.1) is 0 Å². The number of halogens is 1. The Morgan fingerprint density at radius 2 is 2.05 bits per heavy atom. The van der Waals surface area contributed by atoms with Crippen molar-refractivity contribution in [3.05, 3.63) is 29.1 Å². The zero-order valence-electron chi connectivity index (χ0n) is 13.0. The Morgan fingerprint density at radius 3 is 2.71 bits per heavy atom. The molecule has 2 rings (SSSR count). The van der Waals surface area contributed by atoms with Crippen molar-refractivity contribution in [3.8, 4) is 0 Å². The van der Waals surface area contributed by atoms with E-state index in [2.05, 4.69) is 9.80 Å². The summed E-state index contributed by atoms with van der Waals surface area (Å²) in [5.41, 5.74) is 8.60. The fourth-order valence-corrected chi connectivity index (χ4v) is 2.90. The van der Waals surface area contributed by atoms with Crippen LogP contribution < -0.4 is 10.6 Å². The molecule has 0 radical (unpaired) electrons. The molecule has 0 aliphatic carbocycles. The molecule has 1 atom stereocenters. The van der Waals surface area contributed by atoms with Crippen molar-refractivity contribution in [3.63, 3.8) is 0 Å². The summed E-state index contributed by atoms with van der Waals surface area (Å²) >= 11 is 0. The summed E-state index contributed by atoms with van der Waals surface area (Å²) in [6, 6.07) is 3.30. The number of anilines is 1. The van der Waals surface area contributed by atoms with Crippen molar-refractivity contribution in [1.82, 2.24) is 4.90 Å². The third kappa shape index (κ3) is 3.93. The molecule has 21 heavy (non-hydrogen) atoms. The summed E-state index contributed by atoms with van der Waals surface area (Å²) in [6.07, 6.45) is 1.04. The van der Waals surface area contributed by atoms with Crippen molar-refractivity contribution < 1.29 is 9.50 Å². The zero-order valence-corrected chi connectivity index (χ0v) is 13.0. The van der Waals surface area contributed by atoms with Gasteiger partial charge in [-0.1, -0.05) is 0 Å². The number of benzene rings is 1. The Balaban J connectivity index is 2.22. The number of β-amino-alcohol motifs (C(OH)–C–C–N with tert-alkyl or cyclic N) is 1. The van der Waals surface area contributed by atoms with Crippen LogP contribution in [0.15, 0.2) is 12.1 Å². The molecule has 118 valence electrons. The monoisotopic (exact) mass is 295 g/mol. The average Bonchev–Trinajstić information content (AvgIpc) is 2.67. The second-order valence-electron chi connectivity index (χ2n) is 5.85. The van der Waals surface area contributed by atoms with Crippen LogP contribution in [0.25, 0.3) is 0 Å². The van der Waals surface area contributed by atoms with Gasteiger partial charge in [-0.05, 0) is 50.1 Å². The Bertz CT molecular complexity index is 479. The van der Waals surface area contributed by atoms with E-state index < -0.39 is 0 Å². The number of hydrogen-bond donors (Lipinski definition) is 2. The van der Waals surface area contributed by atoms with Crippen LogP contribution in [0.4, 0.5) is 10.1 Å². The molecule has 5 heteroatoms. The Kier molecular flexibility index (Phi) is 5.56. The van der Waals surface area contributed by atoms with Crippen LogP contribution in [0.1, 0.15) is 30.5 Å². The summed E-state index contributed by atoms with van der Waals surface area (Å²) in [6.45, 7) is 8.32. The molecule has 1 aliphatic heterocycles. The number of nitrogens with two attached hydrogens (primary N) is 1. The highest BCUT2D eigenvalue weighted by Gasteiger charge is 2.19. The second-order valence-corrected chi connectivity index (χ2v) is 5.85. The lowest BCUT2D eigenvalue weighted by atomic mass is 10.0. The smallest absolute Gasteiger partial charge is 0.126 e. The van der Waals surface area contributed by atoms with Crippen LogP contribution in [-0.4, -0.2) is 49.3 Å². The standard InChI is InChI=1S/C16H26FN3O/c1-12-10-16(14(13(2)18)11-15(12)17)20-5-3-4-19(6-7-20)8-9-21/h10-11,13,21H,3-9,18H2,1-2H3/t13-/m0/s1. The van der Waals surface area contributed by atoms with Crippen molar-refractivity contribution in [1.29, 1.82) is 0 Å². The number of nitrogens with zero attached hydrogens (tertiary/aromatic N) is 2. The number of rotatable bonds is 4. The molecule has 3 N–H and O–H groups in total. The molecule has 1 aromatic carbocycles. The van der Waals surface area contributed by atoms with E-state index in [0.29, 0.717) is 5.56 Å². The van der Waals surface area contributed by atoms with Gasteiger partial charge in [0, 0.05) is 37.9 Å². The molecule has 0 saturated carbocycles. The Labute approximate surface area is 126 Å².